The van der Waals surface area contributed by atoms with E-state index in [4.69, 9.17) is 23.2 Å². The van der Waals surface area contributed by atoms with Crippen molar-refractivity contribution in [2.75, 3.05) is 0 Å². The van der Waals surface area contributed by atoms with Gasteiger partial charge in [0.05, 0.1) is 5.02 Å². The van der Waals surface area contributed by atoms with Crippen LogP contribution in [-0.4, -0.2) is 0 Å². The fourth-order valence-electron chi connectivity index (χ4n) is 1.66. The van der Waals surface area contributed by atoms with Crippen LogP contribution in [0, 0.1) is 17.5 Å². The predicted octanol–water partition coefficient (Wildman–Crippen LogP) is 5.29. The number of rotatable bonds is 2. The summed E-state index contributed by atoms with van der Waals surface area (Å²) in [7, 11) is 0. The Bertz CT molecular complexity index is 615. The highest BCUT2D eigenvalue weighted by Crippen LogP contribution is 2.34. The molecule has 0 nitrogen and oxygen atoms in total. The third kappa shape index (κ3) is 2.71. The zero-order valence-corrected chi connectivity index (χ0v) is 11.8. The zero-order valence-electron chi connectivity index (χ0n) is 9.35. The highest BCUT2D eigenvalue weighted by molar-refractivity contribution is 7.80. The SMILES string of the molecule is Fc1c(F)c(S)c(Cc2ccccc2Cl)c(Cl)c1F. The maximum absolute atomic E-state index is 13.5. The van der Waals surface area contributed by atoms with Gasteiger partial charge in [0, 0.05) is 16.3 Å². The molecule has 0 aliphatic rings. The van der Waals surface area contributed by atoms with Crippen molar-refractivity contribution < 1.29 is 13.2 Å². The standard InChI is InChI=1S/C13H7Cl2F3S/c14-8-4-2-1-3-6(8)5-7-9(15)10(16)11(17)12(18)13(7)19/h1-4,19H,5H2. The molecule has 0 aliphatic heterocycles. The van der Waals surface area contributed by atoms with E-state index in [0.717, 1.165) is 0 Å². The van der Waals surface area contributed by atoms with Crippen LogP contribution in [0.1, 0.15) is 11.1 Å². The molecule has 2 aromatic carbocycles. The Morgan fingerprint density at radius 2 is 1.58 bits per heavy atom. The Labute approximate surface area is 123 Å². The molecule has 0 aromatic heterocycles. The van der Waals surface area contributed by atoms with E-state index >= 15 is 0 Å². The van der Waals surface area contributed by atoms with Gasteiger partial charge in [0.25, 0.3) is 0 Å². The average molecular weight is 323 g/mol. The van der Waals surface area contributed by atoms with E-state index in [-0.39, 0.29) is 16.9 Å². The van der Waals surface area contributed by atoms with Gasteiger partial charge in [-0.25, -0.2) is 13.2 Å². The fraction of sp³-hybridized carbons (Fsp3) is 0.0769. The molecule has 6 heteroatoms. The van der Waals surface area contributed by atoms with Crippen molar-refractivity contribution in [2.45, 2.75) is 11.3 Å². The van der Waals surface area contributed by atoms with Gasteiger partial charge in [0.2, 0.25) is 0 Å². The molecule has 0 bridgehead atoms. The second-order valence-corrected chi connectivity index (χ2v) is 5.08. The smallest absolute Gasteiger partial charge is 0.197 e. The summed E-state index contributed by atoms with van der Waals surface area (Å²) in [5.41, 5.74) is 0.682. The first-order chi connectivity index (χ1) is 8.93. The fourth-order valence-corrected chi connectivity index (χ4v) is 2.46. The van der Waals surface area contributed by atoms with Crippen LogP contribution in [-0.2, 0) is 6.42 Å². The summed E-state index contributed by atoms with van der Waals surface area (Å²) in [6.07, 6.45) is 0.0610. The number of hydrogen-bond donors (Lipinski definition) is 1. The van der Waals surface area contributed by atoms with Crippen molar-refractivity contribution in [3.8, 4) is 0 Å². The highest BCUT2D eigenvalue weighted by atomic mass is 35.5. The molecule has 0 unspecified atom stereocenters. The van der Waals surface area contributed by atoms with Crippen LogP contribution >= 0.6 is 35.8 Å². The highest BCUT2D eigenvalue weighted by Gasteiger charge is 2.22. The molecular weight excluding hydrogens is 316 g/mol. The molecule has 0 saturated heterocycles. The molecule has 2 rings (SSSR count). The van der Waals surface area contributed by atoms with Crippen molar-refractivity contribution in [1.82, 2.24) is 0 Å². The number of halogens is 5. The van der Waals surface area contributed by atoms with Gasteiger partial charge in [-0.1, -0.05) is 41.4 Å². The van der Waals surface area contributed by atoms with Gasteiger partial charge in [-0.2, -0.15) is 0 Å². The summed E-state index contributed by atoms with van der Waals surface area (Å²) in [5, 5.41) is -0.0553. The molecule has 0 atom stereocenters. The monoisotopic (exact) mass is 322 g/mol. The summed E-state index contributed by atoms with van der Waals surface area (Å²) >= 11 is 15.5. The number of benzene rings is 2. The molecule has 0 saturated carbocycles. The molecule has 0 spiro atoms. The Kier molecular flexibility index (Phi) is 4.33. The molecule has 0 N–H and O–H groups in total. The minimum Gasteiger partial charge on any atom is -0.202 e. The van der Waals surface area contributed by atoms with Crippen molar-refractivity contribution in [1.29, 1.82) is 0 Å². The van der Waals surface area contributed by atoms with Crippen molar-refractivity contribution in [2.24, 2.45) is 0 Å². The van der Waals surface area contributed by atoms with Crippen LogP contribution < -0.4 is 0 Å². The van der Waals surface area contributed by atoms with Gasteiger partial charge in [-0.3, -0.25) is 0 Å². The lowest BCUT2D eigenvalue weighted by Gasteiger charge is -2.11. The predicted molar refractivity (Wildman–Crippen MR) is 72.8 cm³/mol. The normalized spacial score (nSPS) is 10.8. The first-order valence-corrected chi connectivity index (χ1v) is 6.41. The van der Waals surface area contributed by atoms with Crippen LogP contribution in [0.15, 0.2) is 29.2 Å². The summed E-state index contributed by atoms with van der Waals surface area (Å²) < 4.78 is 40.0. The minimum atomic E-state index is -1.63. The number of thiol groups is 1. The maximum atomic E-state index is 13.5. The Morgan fingerprint density at radius 1 is 0.947 bits per heavy atom. The van der Waals surface area contributed by atoms with E-state index in [1.54, 1.807) is 24.3 Å². The van der Waals surface area contributed by atoms with E-state index in [1.807, 2.05) is 0 Å². The summed E-state index contributed by atoms with van der Waals surface area (Å²) in [6, 6.07) is 6.77. The molecule has 0 fully saturated rings. The van der Waals surface area contributed by atoms with Crippen molar-refractivity contribution >= 4 is 35.8 Å². The van der Waals surface area contributed by atoms with E-state index in [0.29, 0.717) is 10.6 Å². The average Bonchev–Trinajstić information content (AvgIpc) is 2.41. The molecule has 100 valence electrons. The lowest BCUT2D eigenvalue weighted by Crippen LogP contribution is -2.02. The van der Waals surface area contributed by atoms with E-state index < -0.39 is 22.5 Å². The van der Waals surface area contributed by atoms with Gasteiger partial charge in [-0.15, -0.1) is 12.6 Å². The topological polar surface area (TPSA) is 0 Å². The van der Waals surface area contributed by atoms with Gasteiger partial charge in [-0.05, 0) is 17.2 Å². The summed E-state index contributed by atoms with van der Waals surface area (Å²) in [4.78, 5) is -0.316. The number of hydrogen-bond acceptors (Lipinski definition) is 1. The minimum absolute atomic E-state index is 0.0610. The van der Waals surface area contributed by atoms with Crippen molar-refractivity contribution in [3.63, 3.8) is 0 Å². The van der Waals surface area contributed by atoms with E-state index in [2.05, 4.69) is 12.6 Å². The largest absolute Gasteiger partial charge is 0.202 e. The second kappa shape index (κ2) is 5.65. The Morgan fingerprint density at radius 3 is 2.21 bits per heavy atom. The van der Waals surface area contributed by atoms with Gasteiger partial charge in [0.1, 0.15) is 0 Å². The third-order valence-electron chi connectivity index (χ3n) is 2.66. The van der Waals surface area contributed by atoms with E-state index in [9.17, 15) is 13.2 Å². The first-order valence-electron chi connectivity index (χ1n) is 5.20. The van der Waals surface area contributed by atoms with Gasteiger partial charge < -0.3 is 0 Å². The second-order valence-electron chi connectivity index (χ2n) is 3.85. The lowest BCUT2D eigenvalue weighted by molar-refractivity contribution is 0.433. The lowest BCUT2D eigenvalue weighted by atomic mass is 10.0. The third-order valence-corrected chi connectivity index (χ3v) is 3.89. The van der Waals surface area contributed by atoms with Gasteiger partial charge in [0.15, 0.2) is 17.5 Å². The Balaban J connectivity index is 2.56. The molecule has 2 aromatic rings. The molecule has 0 radical (unpaired) electrons. The van der Waals surface area contributed by atoms with Crippen LogP contribution in [0.3, 0.4) is 0 Å². The molecule has 0 aliphatic carbocycles. The molecule has 0 heterocycles. The van der Waals surface area contributed by atoms with E-state index in [1.165, 1.54) is 0 Å². The van der Waals surface area contributed by atoms with Crippen LogP contribution in [0.4, 0.5) is 13.2 Å². The summed E-state index contributed by atoms with van der Waals surface area (Å²) in [6.45, 7) is 0. The summed E-state index contributed by atoms with van der Waals surface area (Å²) in [5.74, 6) is -4.40. The van der Waals surface area contributed by atoms with Crippen molar-refractivity contribution in [3.05, 3.63) is 62.9 Å². The maximum Gasteiger partial charge on any atom is 0.197 e. The van der Waals surface area contributed by atoms with Crippen LogP contribution in [0.25, 0.3) is 0 Å². The first kappa shape index (κ1) is 14.6. The zero-order chi connectivity index (χ0) is 14.2. The molecule has 0 amide bonds. The Hall–Kier alpha value is -0.840. The van der Waals surface area contributed by atoms with Crippen LogP contribution in [0.2, 0.25) is 10.0 Å². The molecule has 19 heavy (non-hydrogen) atoms. The quantitative estimate of drug-likeness (QED) is 0.433. The van der Waals surface area contributed by atoms with Gasteiger partial charge >= 0.3 is 0 Å². The molecular formula is C13H7Cl2F3S. The van der Waals surface area contributed by atoms with Crippen LogP contribution in [0.5, 0.6) is 0 Å².